The number of hydrogen-bond donors (Lipinski definition) is 0. The molecule has 0 unspecified atom stereocenters. The Balaban J connectivity index is 0.000000176. The summed E-state index contributed by atoms with van der Waals surface area (Å²) in [5, 5.41) is 6.54. The van der Waals surface area contributed by atoms with E-state index >= 15 is 0 Å². The van der Waals surface area contributed by atoms with Gasteiger partial charge in [0.05, 0.1) is 22.4 Å². The molecule has 0 amide bonds. The van der Waals surface area contributed by atoms with Crippen LogP contribution < -0.4 is 0 Å². The van der Waals surface area contributed by atoms with Gasteiger partial charge in [-0.15, -0.1) is 54.1 Å². The fraction of sp³-hybridized carbons (Fsp3) is 0.185. The molecule has 295 valence electrons. The van der Waals surface area contributed by atoms with Crippen molar-refractivity contribution in [1.82, 2.24) is 14.5 Å². The molecule has 0 saturated carbocycles. The van der Waals surface area contributed by atoms with Crippen LogP contribution in [0.5, 0.6) is 0 Å². The maximum atomic E-state index is 8.54. The van der Waals surface area contributed by atoms with Crippen LogP contribution in [-0.4, -0.2) is 14.5 Å². The summed E-state index contributed by atoms with van der Waals surface area (Å²) in [6.45, 7) is 10.1. The number of para-hydroxylation sites is 3. The van der Waals surface area contributed by atoms with E-state index in [0.717, 1.165) is 49.5 Å². The predicted octanol–water partition coefficient (Wildman–Crippen LogP) is 14.9. The summed E-state index contributed by atoms with van der Waals surface area (Å²) in [6.07, 6.45) is 1.36. The predicted molar refractivity (Wildman–Crippen MR) is 243 cm³/mol. The van der Waals surface area contributed by atoms with Crippen molar-refractivity contribution in [3.8, 4) is 28.3 Å². The van der Waals surface area contributed by atoms with E-state index in [4.69, 9.17) is 14.9 Å². The summed E-state index contributed by atoms with van der Waals surface area (Å²) < 4.78 is 40.9. The Morgan fingerprint density at radius 3 is 2.15 bits per heavy atom. The van der Waals surface area contributed by atoms with Gasteiger partial charge in [-0.25, -0.2) is 0 Å². The Kier molecular flexibility index (Phi) is 9.76. The molecule has 1 radical (unpaired) electrons. The molecule has 0 fully saturated rings. The van der Waals surface area contributed by atoms with Gasteiger partial charge in [0.1, 0.15) is 5.58 Å². The molecule has 10 aromatic rings. The van der Waals surface area contributed by atoms with Crippen molar-refractivity contribution in [2.75, 3.05) is 0 Å². The maximum absolute atomic E-state index is 8.54. The molecule has 3 aromatic heterocycles. The summed E-state index contributed by atoms with van der Waals surface area (Å²) in [5.41, 5.74) is 10.2. The van der Waals surface area contributed by atoms with E-state index in [2.05, 4.69) is 134 Å². The molecule has 3 heterocycles. The first-order chi connectivity index (χ1) is 29.7. The van der Waals surface area contributed by atoms with Crippen LogP contribution in [0.15, 0.2) is 144 Å². The van der Waals surface area contributed by atoms with Crippen molar-refractivity contribution in [2.45, 2.75) is 66.1 Å². The fourth-order valence-corrected chi connectivity index (χ4v) is 8.17. The third kappa shape index (κ3) is 7.28. The fourth-order valence-electron chi connectivity index (χ4n) is 8.17. The molecular formula is C54H47IrN3O-2. The number of furan rings is 1. The summed E-state index contributed by atoms with van der Waals surface area (Å²) >= 11 is 0. The number of aromatic nitrogens is 3. The van der Waals surface area contributed by atoms with Gasteiger partial charge in [0.2, 0.25) is 0 Å². The van der Waals surface area contributed by atoms with Crippen LogP contribution in [0.3, 0.4) is 0 Å². The van der Waals surface area contributed by atoms with E-state index in [1.807, 2.05) is 42.5 Å². The van der Waals surface area contributed by atoms with E-state index in [-0.39, 0.29) is 25.7 Å². The molecule has 0 atom stereocenters. The Labute approximate surface area is 365 Å². The molecule has 0 bridgehead atoms. The number of fused-ring (bicyclic) bond motifs is 7. The van der Waals surface area contributed by atoms with E-state index in [0.29, 0.717) is 34.2 Å². The Morgan fingerprint density at radius 1 is 0.661 bits per heavy atom. The Morgan fingerprint density at radius 2 is 1.41 bits per heavy atom. The van der Waals surface area contributed by atoms with Crippen molar-refractivity contribution >= 4 is 54.5 Å². The summed E-state index contributed by atoms with van der Waals surface area (Å²) in [4.78, 5) is 9.46. The third-order valence-corrected chi connectivity index (χ3v) is 11.1. The Hall–Kier alpha value is -5.87. The van der Waals surface area contributed by atoms with Crippen LogP contribution in [0.2, 0.25) is 0 Å². The third-order valence-electron chi connectivity index (χ3n) is 11.1. The van der Waals surface area contributed by atoms with Crippen LogP contribution in [0.1, 0.15) is 87.0 Å². The smallest absolute Gasteiger partial charge is 0.121 e. The van der Waals surface area contributed by atoms with Crippen LogP contribution in [0.4, 0.5) is 0 Å². The van der Waals surface area contributed by atoms with Crippen LogP contribution in [0, 0.1) is 19.0 Å². The first-order valence-corrected chi connectivity index (χ1v) is 20.0. The van der Waals surface area contributed by atoms with Crippen molar-refractivity contribution in [3.63, 3.8) is 0 Å². The first kappa shape index (κ1) is 35.1. The van der Waals surface area contributed by atoms with Gasteiger partial charge in [-0.05, 0) is 98.3 Å². The van der Waals surface area contributed by atoms with Crippen LogP contribution in [-0.2, 0) is 20.1 Å². The molecule has 0 aliphatic rings. The van der Waals surface area contributed by atoms with Crippen molar-refractivity contribution in [2.24, 2.45) is 0 Å². The maximum Gasteiger partial charge on any atom is 0.121 e. The zero-order chi connectivity index (χ0) is 43.5. The molecule has 0 N–H and O–H groups in total. The van der Waals surface area contributed by atoms with Gasteiger partial charge in [-0.1, -0.05) is 125 Å². The van der Waals surface area contributed by atoms with E-state index in [9.17, 15) is 0 Å². The normalized spacial score (nSPS) is 13.0. The number of aryl methyl sites for hydroxylation is 1. The number of hydrogen-bond acceptors (Lipinski definition) is 3. The number of benzene rings is 7. The minimum absolute atomic E-state index is 0. The summed E-state index contributed by atoms with van der Waals surface area (Å²) in [7, 11) is 0. The van der Waals surface area contributed by atoms with Gasteiger partial charge in [0.15, 0.2) is 0 Å². The molecule has 0 spiro atoms. The first-order valence-electron chi connectivity index (χ1n) is 22.0. The van der Waals surface area contributed by atoms with Gasteiger partial charge < -0.3 is 14.0 Å². The average molecular weight is 950 g/mol. The van der Waals surface area contributed by atoms with Gasteiger partial charge >= 0.3 is 0 Å². The number of rotatable bonds is 6. The van der Waals surface area contributed by atoms with Gasteiger partial charge in [-0.3, -0.25) is 4.98 Å². The van der Waals surface area contributed by atoms with Crippen molar-refractivity contribution < 1.29 is 30.0 Å². The molecule has 7 aromatic carbocycles. The number of pyridine rings is 1. The zero-order valence-electron chi connectivity index (χ0n) is 38.0. The van der Waals surface area contributed by atoms with Gasteiger partial charge in [-0.2, -0.15) is 0 Å². The quantitative estimate of drug-likeness (QED) is 0.123. The number of nitrogens with zero attached hydrogens (tertiary/aromatic N) is 3. The zero-order valence-corrected chi connectivity index (χ0v) is 36.4. The second kappa shape index (κ2) is 16.4. The van der Waals surface area contributed by atoms with E-state index < -0.39 is 12.7 Å². The molecule has 59 heavy (non-hydrogen) atoms. The molecule has 4 nitrogen and oxygen atoms in total. The molecule has 0 saturated heterocycles. The van der Waals surface area contributed by atoms with Crippen LogP contribution in [0.25, 0.3) is 82.8 Å². The van der Waals surface area contributed by atoms with Gasteiger partial charge in [0, 0.05) is 42.9 Å². The van der Waals surface area contributed by atoms with Gasteiger partial charge in [0.25, 0.3) is 0 Å². The topological polar surface area (TPSA) is 43.9 Å². The SMILES string of the molecule is CC(C)c1cccc(C(C)C)c1-n1c(-c2[c-]cccc2)nc2ccccc21.[2H]C([2H])([2H])c1cnc(-c2[c-]ccc3c2oc2cc4c(ccc5ccccc54)cc23)cc1C([2H])(C)C.[Ir]. The number of imidazole rings is 1. The van der Waals surface area contributed by atoms with Crippen molar-refractivity contribution in [3.05, 3.63) is 174 Å². The summed E-state index contributed by atoms with van der Waals surface area (Å²) in [5.74, 6) is 0.689. The minimum atomic E-state index is -2.35. The monoisotopic (exact) mass is 950 g/mol. The summed E-state index contributed by atoms with van der Waals surface area (Å²) in [6, 6.07) is 52.1. The minimum Gasteiger partial charge on any atom is -0.501 e. The van der Waals surface area contributed by atoms with E-state index in [1.165, 1.54) is 33.8 Å². The molecule has 10 rings (SSSR count). The molecule has 0 aliphatic heterocycles. The van der Waals surface area contributed by atoms with Crippen LogP contribution >= 0.6 is 0 Å². The Bertz CT molecular complexity index is 3260. The largest absolute Gasteiger partial charge is 0.501 e. The van der Waals surface area contributed by atoms with E-state index in [1.54, 1.807) is 19.9 Å². The van der Waals surface area contributed by atoms with Crippen molar-refractivity contribution in [1.29, 1.82) is 0 Å². The second-order valence-corrected chi connectivity index (χ2v) is 15.8. The molecule has 0 aliphatic carbocycles. The second-order valence-electron chi connectivity index (χ2n) is 15.8. The molecular weight excluding hydrogens is 899 g/mol. The molecule has 5 heteroatoms. The average Bonchev–Trinajstić information content (AvgIpc) is 3.83. The standard InChI is InChI=1S/C29H22NO.C25H25N2.Ir/c1-17(2)24-14-27(30-16-18(24)3)23-10-6-9-22-26-13-20-12-11-19-7-4-5-8-21(19)25(20)15-28(26)31-29(22)23;1-17(2)20-13-10-14-21(18(3)4)24(20)27-23-16-9-8-15-22(23)26-25(27)19-11-6-5-7-12-19;/h4-9,11-17H,1-3H3;5-11,13-18H,1-4H3;/q2*-1;/i3D3,17D;;.